The summed E-state index contributed by atoms with van der Waals surface area (Å²) in [5, 5.41) is 9.34. The highest BCUT2D eigenvalue weighted by Gasteiger charge is 2.36. The van der Waals surface area contributed by atoms with Crippen LogP contribution in [-0.4, -0.2) is 38.0 Å². The number of amides is 1. The van der Waals surface area contributed by atoms with E-state index in [-0.39, 0.29) is 23.3 Å². The lowest BCUT2D eigenvalue weighted by molar-refractivity contribution is 0.0683. The van der Waals surface area contributed by atoms with E-state index in [2.05, 4.69) is 11.5 Å². The molecule has 3 heterocycles. The number of nitrogens with zero attached hydrogens (tertiary/aromatic N) is 3. The van der Waals surface area contributed by atoms with Crippen LogP contribution in [0.15, 0.2) is 34.7 Å². The number of hydrogen-bond acceptors (Lipinski definition) is 4. The Hall–Kier alpha value is -3.09. The molecule has 1 fully saturated rings. The van der Waals surface area contributed by atoms with Crippen molar-refractivity contribution in [1.29, 1.82) is 0 Å². The van der Waals surface area contributed by atoms with Gasteiger partial charge in [0.15, 0.2) is 5.76 Å². The van der Waals surface area contributed by atoms with Gasteiger partial charge in [-0.05, 0) is 31.9 Å². The fourth-order valence-electron chi connectivity index (χ4n) is 4.08. The normalized spacial score (nSPS) is 16.8. The lowest BCUT2D eigenvalue weighted by Crippen LogP contribution is -2.31. The van der Waals surface area contributed by atoms with Gasteiger partial charge < -0.3 is 19.0 Å². The lowest BCUT2D eigenvalue weighted by Gasteiger charge is -2.24. The number of fused-ring (bicyclic) bond motifs is 1. The van der Waals surface area contributed by atoms with E-state index in [0.717, 1.165) is 36.2 Å². The summed E-state index contributed by atoms with van der Waals surface area (Å²) in [5.74, 6) is -0.0761. The van der Waals surface area contributed by atoms with Crippen LogP contribution in [0.2, 0.25) is 0 Å². The van der Waals surface area contributed by atoms with E-state index in [9.17, 15) is 14.7 Å². The molecule has 7 heteroatoms. The third-order valence-electron chi connectivity index (χ3n) is 5.38. The van der Waals surface area contributed by atoms with E-state index in [1.807, 2.05) is 31.2 Å². The van der Waals surface area contributed by atoms with Gasteiger partial charge in [-0.1, -0.05) is 19.1 Å². The summed E-state index contributed by atoms with van der Waals surface area (Å²) >= 11 is 0. The number of carbonyl (C=O) groups is 2. The monoisotopic (exact) mass is 381 g/mol. The van der Waals surface area contributed by atoms with Crippen molar-refractivity contribution >= 4 is 22.9 Å². The average Bonchev–Trinajstić information content (AvgIpc) is 3.42. The van der Waals surface area contributed by atoms with Gasteiger partial charge in [-0.3, -0.25) is 4.79 Å². The zero-order valence-corrected chi connectivity index (χ0v) is 16.0. The van der Waals surface area contributed by atoms with Crippen molar-refractivity contribution in [3.05, 3.63) is 53.2 Å². The first-order chi connectivity index (χ1) is 13.5. The molecule has 0 saturated carbocycles. The van der Waals surface area contributed by atoms with Crippen molar-refractivity contribution in [2.45, 2.75) is 45.7 Å². The van der Waals surface area contributed by atoms with Gasteiger partial charge in [-0.15, -0.1) is 0 Å². The number of likely N-dealkylation sites (tertiary alicyclic amines) is 1. The second kappa shape index (κ2) is 7.14. The van der Waals surface area contributed by atoms with E-state index >= 15 is 0 Å². The Bertz CT molecular complexity index is 1050. The van der Waals surface area contributed by atoms with Gasteiger partial charge in [0.25, 0.3) is 5.91 Å². The largest absolute Gasteiger partial charge is 0.478 e. The molecule has 3 aromatic rings. The predicted molar refractivity (Wildman–Crippen MR) is 103 cm³/mol. The average molecular weight is 381 g/mol. The Balaban J connectivity index is 1.71. The number of hydrogen-bond donors (Lipinski definition) is 1. The summed E-state index contributed by atoms with van der Waals surface area (Å²) in [6.07, 6.45) is 2.11. The van der Waals surface area contributed by atoms with E-state index < -0.39 is 5.97 Å². The number of aromatic nitrogens is 2. The molecule has 0 aliphatic carbocycles. The molecule has 1 aliphatic rings. The van der Waals surface area contributed by atoms with Crippen LogP contribution in [0.25, 0.3) is 11.0 Å². The van der Waals surface area contributed by atoms with Crippen molar-refractivity contribution in [2.24, 2.45) is 0 Å². The summed E-state index contributed by atoms with van der Waals surface area (Å²) < 4.78 is 7.75. The second-order valence-corrected chi connectivity index (χ2v) is 6.97. The Labute approximate surface area is 162 Å². The van der Waals surface area contributed by atoms with E-state index in [1.165, 1.54) is 6.07 Å². The maximum absolute atomic E-state index is 13.2. The number of aryl methyl sites for hydroxylation is 2. The van der Waals surface area contributed by atoms with Crippen LogP contribution in [-0.2, 0) is 13.0 Å². The number of benzene rings is 1. The van der Waals surface area contributed by atoms with Crippen LogP contribution in [0.4, 0.5) is 0 Å². The Morgan fingerprint density at radius 3 is 2.75 bits per heavy atom. The van der Waals surface area contributed by atoms with Crippen molar-refractivity contribution in [3.63, 3.8) is 0 Å². The van der Waals surface area contributed by atoms with Gasteiger partial charge in [0.2, 0.25) is 0 Å². The quantitative estimate of drug-likeness (QED) is 0.724. The fraction of sp³-hybridized carbons (Fsp3) is 0.381. The van der Waals surface area contributed by atoms with Gasteiger partial charge in [0.05, 0.1) is 17.1 Å². The fourth-order valence-corrected chi connectivity index (χ4v) is 4.08. The third kappa shape index (κ3) is 2.87. The second-order valence-electron chi connectivity index (χ2n) is 6.97. The van der Waals surface area contributed by atoms with Gasteiger partial charge in [-0.2, -0.15) is 0 Å². The first-order valence-corrected chi connectivity index (χ1v) is 9.67. The van der Waals surface area contributed by atoms with Gasteiger partial charge in [0, 0.05) is 25.6 Å². The number of carboxylic acids is 1. The maximum Gasteiger partial charge on any atom is 0.339 e. The summed E-state index contributed by atoms with van der Waals surface area (Å²) in [6.45, 7) is 5.24. The van der Waals surface area contributed by atoms with Crippen LogP contribution in [0, 0.1) is 0 Å². The number of carboxylic acid groups (broad SMARTS) is 1. The molecule has 0 unspecified atom stereocenters. The molecule has 1 N–H and O–H groups in total. The molecule has 28 heavy (non-hydrogen) atoms. The lowest BCUT2D eigenvalue weighted by atomic mass is 10.2. The van der Waals surface area contributed by atoms with Crippen molar-refractivity contribution in [2.75, 3.05) is 6.54 Å². The zero-order chi connectivity index (χ0) is 19.8. The van der Waals surface area contributed by atoms with Gasteiger partial charge in [-0.25, -0.2) is 9.78 Å². The number of aromatic carboxylic acids is 1. The molecule has 0 bridgehead atoms. The first kappa shape index (κ1) is 18.3. The standard InChI is InChI=1S/C21H23N3O4/c1-3-17-13(21(26)27)12-18(28-17)20(25)24-11-7-10-16(24)19-22-14-8-5-6-9-15(14)23(19)4-2/h5-6,8-9,12,16H,3-4,7,10-11H2,1-2H3,(H,26,27)/t16-/m0/s1. The molecule has 7 nitrogen and oxygen atoms in total. The maximum atomic E-state index is 13.2. The minimum atomic E-state index is -1.08. The predicted octanol–water partition coefficient (Wildman–Crippen LogP) is 3.89. The molecular formula is C21H23N3O4. The molecule has 0 radical (unpaired) electrons. The van der Waals surface area contributed by atoms with Crippen LogP contribution in [0.3, 0.4) is 0 Å². The number of para-hydroxylation sites is 2. The Morgan fingerprint density at radius 1 is 1.29 bits per heavy atom. The topological polar surface area (TPSA) is 88.6 Å². The summed E-state index contributed by atoms with van der Waals surface area (Å²) in [4.78, 5) is 31.1. The number of rotatable bonds is 5. The number of carbonyl (C=O) groups excluding carboxylic acids is 1. The molecule has 2 aromatic heterocycles. The van der Waals surface area contributed by atoms with Crippen LogP contribution < -0.4 is 0 Å². The van der Waals surface area contributed by atoms with Gasteiger partial charge >= 0.3 is 5.97 Å². The molecule has 1 atom stereocenters. The summed E-state index contributed by atoms with van der Waals surface area (Å²) in [6, 6.07) is 9.16. The van der Waals surface area contributed by atoms with Crippen molar-refractivity contribution in [3.8, 4) is 0 Å². The smallest absolute Gasteiger partial charge is 0.339 e. The summed E-state index contributed by atoms with van der Waals surface area (Å²) in [5.41, 5.74) is 2.03. The highest BCUT2D eigenvalue weighted by molar-refractivity contribution is 5.96. The van der Waals surface area contributed by atoms with E-state index in [4.69, 9.17) is 9.40 Å². The molecule has 0 spiro atoms. The minimum Gasteiger partial charge on any atom is -0.478 e. The van der Waals surface area contributed by atoms with Crippen LogP contribution in [0.5, 0.6) is 0 Å². The Kier molecular flexibility index (Phi) is 4.66. The highest BCUT2D eigenvalue weighted by atomic mass is 16.4. The van der Waals surface area contributed by atoms with Crippen molar-refractivity contribution < 1.29 is 19.1 Å². The number of furan rings is 1. The molecule has 1 aromatic carbocycles. The molecule has 4 rings (SSSR count). The van der Waals surface area contributed by atoms with E-state index in [0.29, 0.717) is 18.7 Å². The van der Waals surface area contributed by atoms with Gasteiger partial charge in [0.1, 0.15) is 17.1 Å². The number of imidazole rings is 1. The highest BCUT2D eigenvalue weighted by Crippen LogP contribution is 2.35. The van der Waals surface area contributed by atoms with E-state index in [1.54, 1.807) is 4.90 Å². The third-order valence-corrected chi connectivity index (χ3v) is 5.38. The van der Waals surface area contributed by atoms with Crippen LogP contribution >= 0.6 is 0 Å². The summed E-state index contributed by atoms with van der Waals surface area (Å²) in [7, 11) is 0. The molecule has 1 saturated heterocycles. The van der Waals surface area contributed by atoms with Crippen molar-refractivity contribution in [1.82, 2.24) is 14.5 Å². The molecule has 146 valence electrons. The molecule has 1 aliphatic heterocycles. The molecule has 1 amide bonds. The minimum absolute atomic E-state index is 0.0578. The SMILES string of the molecule is CCc1oc(C(=O)N2CCC[C@H]2c2nc3ccccc3n2CC)cc1C(=O)O. The van der Waals surface area contributed by atoms with Crippen LogP contribution in [0.1, 0.15) is 65.2 Å². The first-order valence-electron chi connectivity index (χ1n) is 9.67. The zero-order valence-electron chi connectivity index (χ0n) is 16.0. The molecular weight excluding hydrogens is 358 g/mol. The Morgan fingerprint density at radius 2 is 2.07 bits per heavy atom.